The second-order valence-corrected chi connectivity index (χ2v) is 3.40. The van der Waals surface area contributed by atoms with Crippen molar-refractivity contribution in [3.05, 3.63) is 0 Å². The number of nitrogens with one attached hydrogen (secondary N) is 1. The van der Waals surface area contributed by atoms with Crippen molar-refractivity contribution >= 4 is 0 Å². The molecule has 0 amide bonds. The van der Waals surface area contributed by atoms with Gasteiger partial charge in [-0.1, -0.05) is 12.8 Å². The third-order valence-electron chi connectivity index (χ3n) is 2.39. The molecule has 0 aromatic heterocycles. The van der Waals surface area contributed by atoms with Gasteiger partial charge < -0.3 is 5.32 Å². The van der Waals surface area contributed by atoms with E-state index in [2.05, 4.69) is 5.32 Å². The predicted molar refractivity (Wildman–Crippen MR) is 45.4 cm³/mol. The lowest BCUT2D eigenvalue weighted by Crippen LogP contribution is -2.22. The molecule has 66 valence electrons. The van der Waals surface area contributed by atoms with Gasteiger partial charge >= 0.3 is 0 Å². The molecule has 0 aromatic rings. The van der Waals surface area contributed by atoms with Gasteiger partial charge in [0.05, 0.1) is 6.67 Å². The Kier molecular flexibility index (Phi) is 4.51. The Morgan fingerprint density at radius 1 is 1.27 bits per heavy atom. The zero-order valence-electron chi connectivity index (χ0n) is 7.11. The van der Waals surface area contributed by atoms with Crippen LogP contribution in [-0.2, 0) is 0 Å². The van der Waals surface area contributed by atoms with Crippen molar-refractivity contribution in [2.45, 2.75) is 32.1 Å². The molecule has 2 heteroatoms. The maximum absolute atomic E-state index is 11.7. The highest BCUT2D eigenvalue weighted by molar-refractivity contribution is 4.69. The summed E-state index contributed by atoms with van der Waals surface area (Å²) >= 11 is 0. The molecule has 1 aliphatic carbocycles. The largest absolute Gasteiger partial charge is 0.316 e. The summed E-state index contributed by atoms with van der Waals surface area (Å²) in [5.74, 6) is 0.884. The zero-order chi connectivity index (χ0) is 7.94. The highest BCUT2D eigenvalue weighted by Crippen LogP contribution is 2.23. The van der Waals surface area contributed by atoms with Gasteiger partial charge in [-0.2, -0.15) is 0 Å². The Labute approximate surface area is 68.4 Å². The summed E-state index contributed by atoms with van der Waals surface area (Å²) < 4.78 is 11.7. The maximum Gasteiger partial charge on any atom is 0.0906 e. The van der Waals surface area contributed by atoms with Crippen molar-refractivity contribution in [1.29, 1.82) is 0 Å². The fourth-order valence-corrected chi connectivity index (χ4v) is 1.71. The molecule has 0 saturated heterocycles. The molecular weight excluding hydrogens is 141 g/mol. The van der Waals surface area contributed by atoms with Gasteiger partial charge in [0, 0.05) is 0 Å². The number of alkyl halides is 1. The number of halogens is 1. The van der Waals surface area contributed by atoms with Crippen molar-refractivity contribution in [2.24, 2.45) is 5.92 Å². The van der Waals surface area contributed by atoms with E-state index in [4.69, 9.17) is 0 Å². The summed E-state index contributed by atoms with van der Waals surface area (Å²) in [6, 6.07) is 0. The standard InChI is InChI=1S/C9H18FN/c10-6-3-7-11-8-9-4-1-2-5-9/h9,11H,1-8H2. The second kappa shape index (κ2) is 5.53. The topological polar surface area (TPSA) is 12.0 Å². The van der Waals surface area contributed by atoms with Gasteiger partial charge in [-0.05, 0) is 38.3 Å². The van der Waals surface area contributed by atoms with Crippen molar-refractivity contribution in [1.82, 2.24) is 5.32 Å². The lowest BCUT2D eigenvalue weighted by molar-refractivity contribution is 0.436. The van der Waals surface area contributed by atoms with Crippen LogP contribution in [0, 0.1) is 5.92 Å². The zero-order valence-corrected chi connectivity index (χ0v) is 7.11. The molecule has 0 aromatic carbocycles. The highest BCUT2D eigenvalue weighted by Gasteiger charge is 2.13. The van der Waals surface area contributed by atoms with Crippen LogP contribution in [0.15, 0.2) is 0 Å². The molecular formula is C9H18FN. The molecule has 0 radical (unpaired) electrons. The molecule has 1 aliphatic rings. The van der Waals surface area contributed by atoms with Crippen molar-refractivity contribution < 1.29 is 4.39 Å². The molecule has 0 atom stereocenters. The van der Waals surface area contributed by atoms with E-state index >= 15 is 0 Å². The van der Waals surface area contributed by atoms with Crippen LogP contribution in [0.5, 0.6) is 0 Å². The van der Waals surface area contributed by atoms with Crippen molar-refractivity contribution in [3.63, 3.8) is 0 Å². The van der Waals surface area contributed by atoms with E-state index in [1.807, 2.05) is 0 Å². The van der Waals surface area contributed by atoms with E-state index < -0.39 is 0 Å². The smallest absolute Gasteiger partial charge is 0.0906 e. The molecule has 0 unspecified atom stereocenters. The first kappa shape index (κ1) is 8.98. The Morgan fingerprint density at radius 2 is 2.00 bits per heavy atom. The fourth-order valence-electron chi connectivity index (χ4n) is 1.71. The van der Waals surface area contributed by atoms with Gasteiger partial charge in [0.15, 0.2) is 0 Å². The number of hydrogen-bond donors (Lipinski definition) is 1. The Morgan fingerprint density at radius 3 is 2.64 bits per heavy atom. The van der Waals surface area contributed by atoms with Gasteiger partial charge in [0.25, 0.3) is 0 Å². The molecule has 0 aliphatic heterocycles. The molecule has 1 N–H and O–H groups in total. The first-order valence-corrected chi connectivity index (χ1v) is 4.70. The number of hydrogen-bond acceptors (Lipinski definition) is 1. The van der Waals surface area contributed by atoms with Gasteiger partial charge in [-0.15, -0.1) is 0 Å². The summed E-state index contributed by atoms with van der Waals surface area (Å²) in [6.07, 6.45) is 6.23. The summed E-state index contributed by atoms with van der Waals surface area (Å²) in [7, 11) is 0. The summed E-state index contributed by atoms with van der Waals surface area (Å²) in [5.41, 5.74) is 0. The van der Waals surface area contributed by atoms with Crippen LogP contribution < -0.4 is 5.32 Å². The SMILES string of the molecule is FCCCNCC1CCCC1. The maximum atomic E-state index is 11.7. The Balaban J connectivity index is 1.86. The fraction of sp³-hybridized carbons (Fsp3) is 1.00. The van der Waals surface area contributed by atoms with Gasteiger partial charge in [0.2, 0.25) is 0 Å². The first-order valence-electron chi connectivity index (χ1n) is 4.70. The van der Waals surface area contributed by atoms with E-state index in [1.54, 1.807) is 0 Å². The molecule has 1 rings (SSSR count). The highest BCUT2D eigenvalue weighted by atomic mass is 19.1. The average molecular weight is 159 g/mol. The average Bonchev–Trinajstić information content (AvgIpc) is 2.50. The van der Waals surface area contributed by atoms with E-state index in [-0.39, 0.29) is 6.67 Å². The molecule has 0 heterocycles. The second-order valence-electron chi connectivity index (χ2n) is 3.40. The van der Waals surface area contributed by atoms with Gasteiger partial charge in [-0.3, -0.25) is 4.39 Å². The number of rotatable bonds is 5. The van der Waals surface area contributed by atoms with E-state index in [0.717, 1.165) is 19.0 Å². The minimum atomic E-state index is -0.183. The van der Waals surface area contributed by atoms with Crippen molar-refractivity contribution in [2.75, 3.05) is 19.8 Å². The first-order chi connectivity index (χ1) is 5.43. The lowest BCUT2D eigenvalue weighted by Gasteiger charge is -2.08. The van der Waals surface area contributed by atoms with Gasteiger partial charge in [0.1, 0.15) is 0 Å². The van der Waals surface area contributed by atoms with Crippen LogP contribution in [-0.4, -0.2) is 19.8 Å². The molecule has 1 saturated carbocycles. The molecule has 11 heavy (non-hydrogen) atoms. The molecule has 1 fully saturated rings. The van der Waals surface area contributed by atoms with Crippen LogP contribution in [0.4, 0.5) is 4.39 Å². The quantitative estimate of drug-likeness (QED) is 0.606. The summed E-state index contributed by atoms with van der Waals surface area (Å²) in [4.78, 5) is 0. The molecule has 1 nitrogen and oxygen atoms in total. The lowest BCUT2D eigenvalue weighted by atomic mass is 10.1. The minimum Gasteiger partial charge on any atom is -0.316 e. The molecule has 0 bridgehead atoms. The van der Waals surface area contributed by atoms with Gasteiger partial charge in [-0.25, -0.2) is 0 Å². The van der Waals surface area contributed by atoms with Crippen LogP contribution in [0.3, 0.4) is 0 Å². The van der Waals surface area contributed by atoms with Crippen LogP contribution in [0.1, 0.15) is 32.1 Å². The summed E-state index contributed by atoms with van der Waals surface area (Å²) in [6.45, 7) is 1.78. The van der Waals surface area contributed by atoms with Crippen LogP contribution in [0.25, 0.3) is 0 Å². The van der Waals surface area contributed by atoms with Crippen molar-refractivity contribution in [3.8, 4) is 0 Å². The van der Waals surface area contributed by atoms with Crippen LogP contribution >= 0.6 is 0 Å². The normalized spacial score (nSPS) is 19.4. The Bertz CT molecular complexity index is 89.6. The van der Waals surface area contributed by atoms with Crippen LogP contribution in [0.2, 0.25) is 0 Å². The molecule has 0 spiro atoms. The van der Waals surface area contributed by atoms with E-state index in [0.29, 0.717) is 6.42 Å². The third kappa shape index (κ3) is 3.71. The summed E-state index contributed by atoms with van der Waals surface area (Å²) in [5, 5.41) is 3.29. The predicted octanol–water partition coefficient (Wildman–Crippen LogP) is 2.13. The Hall–Kier alpha value is -0.110. The minimum absolute atomic E-state index is 0.183. The van der Waals surface area contributed by atoms with E-state index in [9.17, 15) is 4.39 Å². The monoisotopic (exact) mass is 159 g/mol. The third-order valence-corrected chi connectivity index (χ3v) is 2.39. The van der Waals surface area contributed by atoms with E-state index in [1.165, 1.54) is 25.7 Å².